The van der Waals surface area contributed by atoms with Crippen LogP contribution in [0.1, 0.15) is 46.1 Å². The van der Waals surface area contributed by atoms with Gasteiger partial charge in [0.05, 0.1) is 0 Å². The van der Waals surface area contributed by atoms with Crippen molar-refractivity contribution < 1.29 is 9.52 Å². The first-order valence-corrected chi connectivity index (χ1v) is 6.46. The smallest absolute Gasteiger partial charge is 0.225 e. The van der Waals surface area contributed by atoms with E-state index in [1.807, 2.05) is 32.0 Å². The van der Waals surface area contributed by atoms with Crippen LogP contribution >= 0.6 is 0 Å². The van der Waals surface area contributed by atoms with Gasteiger partial charge in [-0.15, -0.1) is 0 Å². The predicted octanol–water partition coefficient (Wildman–Crippen LogP) is 3.26. The lowest BCUT2D eigenvalue weighted by atomic mass is 10.3. The second-order valence-electron chi connectivity index (χ2n) is 3.48. The van der Waals surface area contributed by atoms with Crippen molar-refractivity contribution in [1.29, 1.82) is 0 Å². The molecular formula is C14H24N2O2. The van der Waals surface area contributed by atoms with Crippen molar-refractivity contribution in [2.45, 2.75) is 40.2 Å². The van der Waals surface area contributed by atoms with Crippen molar-refractivity contribution in [1.82, 2.24) is 4.98 Å². The fourth-order valence-electron chi connectivity index (χ4n) is 1.13. The standard InChI is InChI=1S/C9H10N2O2.C3H8.C2H6/c10-5-7(12)9-11-6-3-1-2-4-8(6)13-9;1-3-2;1-2/h1-4,7,12H,5,10H2;3H2,1-2H3;1-2H3. The van der Waals surface area contributed by atoms with Crippen LogP contribution in [0.3, 0.4) is 0 Å². The van der Waals surface area contributed by atoms with Gasteiger partial charge in [-0.25, -0.2) is 4.98 Å². The van der Waals surface area contributed by atoms with E-state index in [1.54, 1.807) is 6.07 Å². The first-order valence-electron chi connectivity index (χ1n) is 6.46. The molecule has 4 nitrogen and oxygen atoms in total. The van der Waals surface area contributed by atoms with E-state index in [0.29, 0.717) is 5.58 Å². The Balaban J connectivity index is 0.000000509. The molecule has 0 saturated heterocycles. The van der Waals surface area contributed by atoms with E-state index in [2.05, 4.69) is 18.8 Å². The summed E-state index contributed by atoms with van der Waals surface area (Å²) in [4.78, 5) is 4.09. The van der Waals surface area contributed by atoms with Gasteiger partial charge in [-0.3, -0.25) is 0 Å². The van der Waals surface area contributed by atoms with E-state index in [-0.39, 0.29) is 12.4 Å². The van der Waals surface area contributed by atoms with Gasteiger partial charge in [0.2, 0.25) is 5.89 Å². The number of aromatic nitrogens is 1. The summed E-state index contributed by atoms with van der Waals surface area (Å²) in [5.74, 6) is 0.281. The molecule has 0 fully saturated rings. The molecule has 1 unspecified atom stereocenters. The molecule has 1 atom stereocenters. The van der Waals surface area contributed by atoms with E-state index in [4.69, 9.17) is 10.2 Å². The first-order chi connectivity index (χ1) is 8.72. The Labute approximate surface area is 109 Å². The average molecular weight is 252 g/mol. The third-order valence-corrected chi connectivity index (χ3v) is 1.82. The second-order valence-corrected chi connectivity index (χ2v) is 3.48. The summed E-state index contributed by atoms with van der Waals surface area (Å²) in [6, 6.07) is 7.34. The van der Waals surface area contributed by atoms with Crippen LogP contribution in [0.5, 0.6) is 0 Å². The van der Waals surface area contributed by atoms with Gasteiger partial charge in [-0.2, -0.15) is 0 Å². The van der Waals surface area contributed by atoms with Gasteiger partial charge in [0.1, 0.15) is 11.6 Å². The number of oxazole rings is 1. The number of hydrogen-bond donors (Lipinski definition) is 2. The molecule has 1 heterocycles. The Morgan fingerprint density at radius 1 is 1.28 bits per heavy atom. The fourth-order valence-corrected chi connectivity index (χ4v) is 1.13. The maximum Gasteiger partial charge on any atom is 0.225 e. The van der Waals surface area contributed by atoms with Crippen LogP contribution < -0.4 is 5.73 Å². The molecule has 18 heavy (non-hydrogen) atoms. The number of rotatable bonds is 2. The Kier molecular flexibility index (Phi) is 8.88. The van der Waals surface area contributed by atoms with E-state index < -0.39 is 6.10 Å². The Morgan fingerprint density at radius 2 is 1.83 bits per heavy atom. The van der Waals surface area contributed by atoms with Gasteiger partial charge in [0.25, 0.3) is 0 Å². The first kappa shape index (κ1) is 16.6. The molecule has 0 bridgehead atoms. The minimum Gasteiger partial charge on any atom is -0.438 e. The van der Waals surface area contributed by atoms with Gasteiger partial charge in [0, 0.05) is 6.54 Å². The largest absolute Gasteiger partial charge is 0.438 e. The lowest BCUT2D eigenvalue weighted by Gasteiger charge is -1.99. The van der Waals surface area contributed by atoms with Gasteiger partial charge in [-0.1, -0.05) is 46.2 Å². The van der Waals surface area contributed by atoms with Crippen molar-refractivity contribution in [2.75, 3.05) is 6.54 Å². The summed E-state index contributed by atoms with van der Waals surface area (Å²) in [7, 11) is 0. The third-order valence-electron chi connectivity index (χ3n) is 1.82. The van der Waals surface area contributed by atoms with E-state index >= 15 is 0 Å². The summed E-state index contributed by atoms with van der Waals surface area (Å²) in [5.41, 5.74) is 6.69. The minimum atomic E-state index is -0.813. The van der Waals surface area contributed by atoms with Crippen molar-refractivity contribution in [3.05, 3.63) is 30.2 Å². The third kappa shape index (κ3) is 4.85. The van der Waals surface area contributed by atoms with Crippen molar-refractivity contribution in [2.24, 2.45) is 5.73 Å². The zero-order valence-corrected chi connectivity index (χ0v) is 11.7. The number of nitrogens with zero attached hydrogens (tertiary/aromatic N) is 1. The number of aliphatic hydroxyl groups excluding tert-OH is 1. The number of fused-ring (bicyclic) bond motifs is 1. The van der Waals surface area contributed by atoms with Crippen LogP contribution in [-0.4, -0.2) is 16.6 Å². The Hall–Kier alpha value is -1.39. The van der Waals surface area contributed by atoms with Crippen LogP contribution in [0.4, 0.5) is 0 Å². The summed E-state index contributed by atoms with van der Waals surface area (Å²) >= 11 is 0. The minimum absolute atomic E-state index is 0.118. The molecule has 0 aliphatic carbocycles. The Bertz CT molecular complexity index is 393. The zero-order chi connectivity index (χ0) is 14.0. The molecule has 0 aliphatic rings. The maximum atomic E-state index is 9.35. The number of benzene rings is 1. The highest BCUT2D eigenvalue weighted by Gasteiger charge is 2.12. The fraction of sp³-hybridized carbons (Fsp3) is 0.500. The number of para-hydroxylation sites is 2. The molecule has 0 saturated carbocycles. The lowest BCUT2D eigenvalue weighted by molar-refractivity contribution is 0.154. The van der Waals surface area contributed by atoms with Crippen LogP contribution in [0.25, 0.3) is 11.1 Å². The van der Waals surface area contributed by atoms with Crippen molar-refractivity contribution >= 4 is 11.1 Å². The molecule has 0 amide bonds. The Morgan fingerprint density at radius 3 is 2.33 bits per heavy atom. The molecule has 2 aromatic rings. The highest BCUT2D eigenvalue weighted by Crippen LogP contribution is 2.18. The highest BCUT2D eigenvalue weighted by atomic mass is 16.4. The topological polar surface area (TPSA) is 72.3 Å². The molecule has 1 aromatic carbocycles. The van der Waals surface area contributed by atoms with E-state index in [9.17, 15) is 5.11 Å². The van der Waals surface area contributed by atoms with Gasteiger partial charge < -0.3 is 15.3 Å². The summed E-state index contributed by atoms with van der Waals surface area (Å²) in [6.07, 6.45) is 0.437. The molecule has 4 heteroatoms. The monoisotopic (exact) mass is 252 g/mol. The van der Waals surface area contributed by atoms with Crippen molar-refractivity contribution in [3.8, 4) is 0 Å². The summed E-state index contributed by atoms with van der Waals surface area (Å²) < 4.78 is 5.28. The zero-order valence-electron chi connectivity index (χ0n) is 11.7. The molecule has 3 N–H and O–H groups in total. The normalized spacial score (nSPS) is 11.0. The molecule has 0 spiro atoms. The lowest BCUT2D eigenvalue weighted by Crippen LogP contribution is -2.11. The maximum absolute atomic E-state index is 9.35. The van der Waals surface area contributed by atoms with Gasteiger partial charge in [-0.05, 0) is 12.1 Å². The number of hydrogen-bond acceptors (Lipinski definition) is 4. The summed E-state index contributed by atoms with van der Waals surface area (Å²) in [5, 5.41) is 9.35. The molecule has 0 radical (unpaired) electrons. The van der Waals surface area contributed by atoms with Crippen LogP contribution in [0, 0.1) is 0 Å². The summed E-state index contributed by atoms with van der Waals surface area (Å²) in [6.45, 7) is 8.37. The molecule has 1 aromatic heterocycles. The van der Waals surface area contributed by atoms with Crippen LogP contribution in [0.2, 0.25) is 0 Å². The highest BCUT2D eigenvalue weighted by molar-refractivity contribution is 5.72. The SMILES string of the molecule is CC.CCC.NCC(O)c1nc2ccccc2o1. The molecule has 2 rings (SSSR count). The number of aliphatic hydroxyl groups is 1. The van der Waals surface area contributed by atoms with Crippen LogP contribution in [0.15, 0.2) is 28.7 Å². The second kappa shape index (κ2) is 9.62. The molecule has 102 valence electrons. The van der Waals surface area contributed by atoms with Crippen molar-refractivity contribution in [3.63, 3.8) is 0 Å². The predicted molar refractivity (Wildman–Crippen MR) is 75.3 cm³/mol. The molecule has 0 aliphatic heterocycles. The average Bonchev–Trinajstić information content (AvgIpc) is 2.85. The van der Waals surface area contributed by atoms with E-state index in [1.165, 1.54) is 6.42 Å². The number of nitrogens with two attached hydrogens (primary N) is 1. The van der Waals surface area contributed by atoms with Crippen LogP contribution in [-0.2, 0) is 0 Å². The van der Waals surface area contributed by atoms with E-state index in [0.717, 1.165) is 5.52 Å². The van der Waals surface area contributed by atoms with Gasteiger partial charge >= 0.3 is 0 Å². The molecular weight excluding hydrogens is 228 g/mol. The van der Waals surface area contributed by atoms with Gasteiger partial charge in [0.15, 0.2) is 5.58 Å². The quantitative estimate of drug-likeness (QED) is 0.860.